The molecule has 1 aliphatic rings. The molecule has 0 spiro atoms. The molecular weight excluding hydrogens is 661 g/mol. The Morgan fingerprint density at radius 2 is 0.833 bits per heavy atom. The van der Waals surface area contributed by atoms with Crippen molar-refractivity contribution < 1.29 is 0 Å². The highest BCUT2D eigenvalue weighted by atomic mass is 15.3. The molecule has 0 aliphatic carbocycles. The van der Waals surface area contributed by atoms with Gasteiger partial charge in [0.2, 0.25) is 5.95 Å². The van der Waals surface area contributed by atoms with Crippen LogP contribution in [-0.2, 0) is 0 Å². The van der Waals surface area contributed by atoms with Crippen LogP contribution in [0.4, 0.5) is 17.3 Å². The lowest BCUT2D eigenvalue weighted by Crippen LogP contribution is -2.14. The molecule has 6 nitrogen and oxygen atoms in total. The molecule has 8 aromatic carbocycles. The third kappa shape index (κ3) is 4.89. The second-order valence-corrected chi connectivity index (χ2v) is 13.6. The first kappa shape index (κ1) is 30.2. The van der Waals surface area contributed by atoms with Crippen molar-refractivity contribution in [2.45, 2.75) is 0 Å². The molecule has 252 valence electrons. The van der Waals surface area contributed by atoms with Gasteiger partial charge in [-0.3, -0.25) is 9.47 Å². The number of fused-ring (bicyclic) bond motifs is 9. The molecule has 0 fully saturated rings. The van der Waals surface area contributed by atoms with Crippen LogP contribution in [0.5, 0.6) is 0 Å². The number of aromatic nitrogens is 5. The van der Waals surface area contributed by atoms with E-state index in [1.807, 2.05) is 60.7 Å². The van der Waals surface area contributed by atoms with Gasteiger partial charge in [-0.2, -0.15) is 0 Å². The fraction of sp³-hybridized carbons (Fsp3) is 0. The predicted octanol–water partition coefficient (Wildman–Crippen LogP) is 12.0. The van der Waals surface area contributed by atoms with Crippen LogP contribution in [0.15, 0.2) is 182 Å². The van der Waals surface area contributed by atoms with E-state index in [4.69, 9.17) is 19.9 Å². The van der Waals surface area contributed by atoms with Gasteiger partial charge in [0.05, 0.1) is 22.4 Å². The zero-order chi connectivity index (χ0) is 35.6. The molecule has 0 saturated carbocycles. The van der Waals surface area contributed by atoms with E-state index in [0.717, 1.165) is 67.2 Å². The van der Waals surface area contributed by atoms with E-state index in [1.54, 1.807) is 0 Å². The van der Waals surface area contributed by atoms with Gasteiger partial charge in [-0.1, -0.05) is 133 Å². The number of hydrogen-bond donors (Lipinski definition) is 0. The van der Waals surface area contributed by atoms with Gasteiger partial charge in [-0.05, 0) is 70.1 Å². The zero-order valence-corrected chi connectivity index (χ0v) is 29.0. The molecule has 0 bridgehead atoms. The summed E-state index contributed by atoms with van der Waals surface area (Å²) in [7, 11) is 0. The van der Waals surface area contributed by atoms with Crippen molar-refractivity contribution in [1.82, 2.24) is 24.5 Å². The van der Waals surface area contributed by atoms with Crippen molar-refractivity contribution in [3.8, 4) is 51.0 Å². The maximum Gasteiger partial charge on any atom is 0.220 e. The van der Waals surface area contributed by atoms with Gasteiger partial charge in [0, 0.05) is 33.5 Å². The third-order valence-corrected chi connectivity index (χ3v) is 10.3. The van der Waals surface area contributed by atoms with Gasteiger partial charge in [0.25, 0.3) is 0 Å². The Labute approximate surface area is 311 Å². The minimum Gasteiger partial charge on any atom is -0.280 e. The van der Waals surface area contributed by atoms with Gasteiger partial charge in [0.1, 0.15) is 0 Å². The number of rotatable bonds is 4. The highest BCUT2D eigenvalue weighted by Crippen LogP contribution is 2.50. The molecular formula is C48H30N6. The number of para-hydroxylation sites is 2. The first-order valence-corrected chi connectivity index (χ1v) is 18.1. The largest absolute Gasteiger partial charge is 0.280 e. The predicted molar refractivity (Wildman–Crippen MR) is 219 cm³/mol. The van der Waals surface area contributed by atoms with Crippen LogP contribution in [0.3, 0.4) is 0 Å². The molecule has 6 heteroatoms. The molecule has 2 aromatic heterocycles. The summed E-state index contributed by atoms with van der Waals surface area (Å²) in [6.07, 6.45) is 0. The fourth-order valence-electron chi connectivity index (χ4n) is 7.74. The maximum absolute atomic E-state index is 5.39. The second kappa shape index (κ2) is 12.1. The van der Waals surface area contributed by atoms with E-state index in [-0.39, 0.29) is 0 Å². The summed E-state index contributed by atoms with van der Waals surface area (Å²) in [5.41, 5.74) is 10.1. The van der Waals surface area contributed by atoms with E-state index < -0.39 is 0 Å². The van der Waals surface area contributed by atoms with Crippen LogP contribution < -0.4 is 4.90 Å². The van der Waals surface area contributed by atoms with E-state index in [2.05, 4.69) is 131 Å². The normalized spacial score (nSPS) is 12.0. The average Bonchev–Trinajstić information content (AvgIpc) is 3.58. The summed E-state index contributed by atoms with van der Waals surface area (Å²) < 4.78 is 2.32. The van der Waals surface area contributed by atoms with Crippen LogP contribution in [0.25, 0.3) is 83.6 Å². The van der Waals surface area contributed by atoms with Crippen molar-refractivity contribution in [3.63, 3.8) is 0 Å². The van der Waals surface area contributed by atoms with Crippen LogP contribution in [0, 0.1) is 0 Å². The zero-order valence-electron chi connectivity index (χ0n) is 29.0. The van der Waals surface area contributed by atoms with E-state index in [9.17, 15) is 0 Å². The topological polar surface area (TPSA) is 59.7 Å². The van der Waals surface area contributed by atoms with Crippen LogP contribution in [0.2, 0.25) is 0 Å². The molecule has 3 heterocycles. The first-order chi connectivity index (χ1) is 26.7. The Bertz CT molecular complexity index is 3000. The van der Waals surface area contributed by atoms with E-state index >= 15 is 0 Å². The molecule has 10 aromatic rings. The van der Waals surface area contributed by atoms with Crippen molar-refractivity contribution in [2.75, 3.05) is 4.90 Å². The second-order valence-electron chi connectivity index (χ2n) is 13.6. The number of imidazole rings is 1. The molecule has 0 unspecified atom stereocenters. The average molecular weight is 691 g/mol. The summed E-state index contributed by atoms with van der Waals surface area (Å²) in [6.45, 7) is 0. The number of hydrogen-bond acceptors (Lipinski definition) is 5. The van der Waals surface area contributed by atoms with Crippen molar-refractivity contribution in [1.29, 1.82) is 0 Å². The monoisotopic (exact) mass is 690 g/mol. The standard InChI is InChI=1S/C48H30N6/c1-3-14-31(15-4-1)45-50-46(32-16-5-2-6-17-32)52-47(51-45)37-22-13-23-38(26-37)53-43-29-35-20-9-7-18-33(35)27-39(43)40-28-34-19-8-10-21-36(34)30-44(40)54-42-25-12-11-24-41(42)49-48(53)54/h1-30H. The lowest BCUT2D eigenvalue weighted by molar-refractivity contribution is 1.05. The van der Waals surface area contributed by atoms with Crippen LogP contribution >= 0.6 is 0 Å². The molecule has 0 N–H and O–H groups in total. The Hall–Kier alpha value is -7.44. The lowest BCUT2D eigenvalue weighted by atomic mass is 9.95. The molecule has 0 radical (unpaired) electrons. The molecule has 0 amide bonds. The third-order valence-electron chi connectivity index (χ3n) is 10.3. The number of benzene rings is 8. The van der Waals surface area contributed by atoms with Crippen molar-refractivity contribution >= 4 is 49.9 Å². The summed E-state index contributed by atoms with van der Waals surface area (Å²) in [5, 5.41) is 4.70. The van der Waals surface area contributed by atoms with Crippen molar-refractivity contribution in [2.24, 2.45) is 0 Å². The van der Waals surface area contributed by atoms with Gasteiger partial charge >= 0.3 is 0 Å². The Kier molecular flexibility index (Phi) is 6.75. The van der Waals surface area contributed by atoms with Crippen LogP contribution in [-0.4, -0.2) is 24.5 Å². The Morgan fingerprint density at radius 1 is 0.352 bits per heavy atom. The fourth-order valence-corrected chi connectivity index (χ4v) is 7.74. The smallest absolute Gasteiger partial charge is 0.220 e. The molecule has 54 heavy (non-hydrogen) atoms. The minimum absolute atomic E-state index is 0.598. The highest BCUT2D eigenvalue weighted by molar-refractivity contribution is 6.05. The van der Waals surface area contributed by atoms with Crippen LogP contribution in [0.1, 0.15) is 0 Å². The number of anilines is 3. The molecule has 11 rings (SSSR count). The summed E-state index contributed by atoms with van der Waals surface area (Å²) in [4.78, 5) is 22.8. The lowest BCUT2D eigenvalue weighted by Gasteiger charge is -2.25. The quantitative estimate of drug-likeness (QED) is 0.184. The van der Waals surface area contributed by atoms with Gasteiger partial charge < -0.3 is 0 Å². The van der Waals surface area contributed by atoms with Crippen molar-refractivity contribution in [3.05, 3.63) is 182 Å². The van der Waals surface area contributed by atoms with Gasteiger partial charge in [-0.25, -0.2) is 19.9 Å². The maximum atomic E-state index is 5.39. The Morgan fingerprint density at radius 3 is 1.46 bits per heavy atom. The van der Waals surface area contributed by atoms with E-state index in [1.165, 1.54) is 16.2 Å². The summed E-state index contributed by atoms with van der Waals surface area (Å²) in [5.74, 6) is 2.66. The highest BCUT2D eigenvalue weighted by Gasteiger charge is 2.30. The van der Waals surface area contributed by atoms with E-state index in [0.29, 0.717) is 17.5 Å². The Balaban J connectivity index is 1.19. The first-order valence-electron chi connectivity index (χ1n) is 18.1. The molecule has 0 atom stereocenters. The number of nitrogens with zero attached hydrogens (tertiary/aromatic N) is 6. The summed E-state index contributed by atoms with van der Waals surface area (Å²) >= 11 is 0. The SMILES string of the molecule is c1ccc(-c2nc(-c3ccccc3)nc(-c3cccc(N4c5cc6ccccc6cc5-c5cc6ccccc6cc5-n5c4nc4ccccc45)c3)n2)cc1. The van der Waals surface area contributed by atoms with Gasteiger partial charge in [-0.15, -0.1) is 0 Å². The minimum atomic E-state index is 0.598. The van der Waals surface area contributed by atoms with Gasteiger partial charge in [0.15, 0.2) is 17.5 Å². The molecule has 1 aliphatic heterocycles. The molecule has 0 saturated heterocycles. The summed E-state index contributed by atoms with van der Waals surface area (Å²) in [6, 6.07) is 63.5.